The van der Waals surface area contributed by atoms with Crippen LogP contribution in [0, 0.1) is 21.4 Å². The molecule has 110 valence electrons. The third kappa shape index (κ3) is 4.58. The zero-order valence-electron chi connectivity index (χ0n) is 11.4. The number of carbonyl (C=O) groups is 2. The first-order valence-electron chi connectivity index (χ1n) is 6.00. The molecule has 1 aromatic carbocycles. The smallest absolute Gasteiger partial charge is 0.329 e. The Kier molecular flexibility index (Phi) is 5.37. The van der Waals surface area contributed by atoms with Crippen molar-refractivity contribution in [3.8, 4) is 6.07 Å². The molecule has 0 aliphatic rings. The molecule has 0 radical (unpaired) electrons. The van der Waals surface area contributed by atoms with Gasteiger partial charge in [-0.3, -0.25) is 14.9 Å². The van der Waals surface area contributed by atoms with Crippen LogP contribution in [0.5, 0.6) is 0 Å². The van der Waals surface area contributed by atoms with E-state index in [0.29, 0.717) is 0 Å². The Morgan fingerprint density at radius 1 is 1.43 bits per heavy atom. The highest BCUT2D eigenvalue weighted by Gasteiger charge is 2.20. The first kappa shape index (κ1) is 16.1. The lowest BCUT2D eigenvalue weighted by Gasteiger charge is -2.14. The third-order valence-corrected chi connectivity index (χ3v) is 2.50. The lowest BCUT2D eigenvalue weighted by atomic mass is 10.2. The van der Waals surface area contributed by atoms with E-state index in [1.54, 1.807) is 6.07 Å². The van der Waals surface area contributed by atoms with Gasteiger partial charge in [0.05, 0.1) is 4.92 Å². The van der Waals surface area contributed by atoms with E-state index in [1.165, 1.54) is 32.0 Å². The highest BCUT2D eigenvalue weighted by Crippen LogP contribution is 2.13. The molecule has 0 bridgehead atoms. The zero-order valence-corrected chi connectivity index (χ0v) is 11.4. The van der Waals surface area contributed by atoms with E-state index in [9.17, 15) is 19.7 Å². The number of nitro groups is 1. The molecule has 0 aromatic heterocycles. The second kappa shape index (κ2) is 7.00. The van der Waals surface area contributed by atoms with Crippen LogP contribution >= 0.6 is 0 Å². The molecule has 0 unspecified atom stereocenters. The highest BCUT2D eigenvalue weighted by atomic mass is 16.6. The molecule has 1 aromatic rings. The number of carbonyl (C=O) groups excluding carboxylic acids is 2. The Hall–Kier alpha value is -2.95. The lowest BCUT2D eigenvalue weighted by molar-refractivity contribution is -0.384. The van der Waals surface area contributed by atoms with Gasteiger partial charge in [0.1, 0.15) is 12.1 Å². The summed E-state index contributed by atoms with van der Waals surface area (Å²) in [5.74, 6) is -1.41. The van der Waals surface area contributed by atoms with E-state index in [-0.39, 0.29) is 11.3 Å². The number of hydrogen-bond acceptors (Lipinski definition) is 6. The number of nitro benzene ring substituents is 1. The van der Waals surface area contributed by atoms with E-state index in [2.05, 4.69) is 5.32 Å². The van der Waals surface area contributed by atoms with E-state index in [4.69, 9.17) is 10.00 Å². The molecule has 0 saturated carbocycles. The van der Waals surface area contributed by atoms with Crippen molar-refractivity contribution in [2.45, 2.75) is 26.0 Å². The van der Waals surface area contributed by atoms with Gasteiger partial charge in [0.25, 0.3) is 11.6 Å². The van der Waals surface area contributed by atoms with Gasteiger partial charge in [0.2, 0.25) is 0 Å². The molecule has 0 spiro atoms. The van der Waals surface area contributed by atoms with Gasteiger partial charge >= 0.3 is 5.97 Å². The van der Waals surface area contributed by atoms with Crippen LogP contribution in [-0.2, 0) is 9.53 Å². The molecule has 1 N–H and O–H groups in total. The van der Waals surface area contributed by atoms with Crippen molar-refractivity contribution in [2.75, 3.05) is 0 Å². The Balaban J connectivity index is 2.73. The largest absolute Gasteiger partial charge is 0.446 e. The Labute approximate surface area is 120 Å². The van der Waals surface area contributed by atoms with Crippen LogP contribution in [0.1, 0.15) is 24.2 Å². The number of non-ortho nitro benzene ring substituents is 1. The van der Waals surface area contributed by atoms with E-state index >= 15 is 0 Å². The fraction of sp³-hybridized carbons (Fsp3) is 0.308. The van der Waals surface area contributed by atoms with Crippen LogP contribution in [0.15, 0.2) is 24.3 Å². The van der Waals surface area contributed by atoms with Crippen molar-refractivity contribution in [3.05, 3.63) is 39.9 Å². The minimum Gasteiger partial charge on any atom is -0.446 e. The highest BCUT2D eigenvalue weighted by molar-refractivity contribution is 5.97. The van der Waals surface area contributed by atoms with E-state index in [1.807, 2.05) is 0 Å². The molecule has 1 amide bonds. The van der Waals surface area contributed by atoms with Gasteiger partial charge in [0, 0.05) is 17.7 Å². The van der Waals surface area contributed by atoms with Crippen LogP contribution in [-0.4, -0.2) is 28.9 Å². The molecule has 21 heavy (non-hydrogen) atoms. The minimum absolute atomic E-state index is 0.0529. The molecule has 0 heterocycles. The second-order valence-corrected chi connectivity index (χ2v) is 4.21. The zero-order chi connectivity index (χ0) is 16.0. The molecule has 0 fully saturated rings. The number of nitrogens with one attached hydrogen (secondary N) is 1. The SMILES string of the molecule is C[C@H](C#N)OC(=O)[C@H](C)NC(=O)c1cccc([N+](=O)[O-])c1. The van der Waals surface area contributed by atoms with E-state index in [0.717, 1.165) is 6.07 Å². The van der Waals surface area contributed by atoms with Gasteiger partial charge in [0.15, 0.2) is 6.10 Å². The molecular formula is C13H13N3O5. The second-order valence-electron chi connectivity index (χ2n) is 4.21. The first-order chi connectivity index (χ1) is 9.85. The topological polar surface area (TPSA) is 122 Å². The first-order valence-corrected chi connectivity index (χ1v) is 6.00. The van der Waals surface area contributed by atoms with E-state index < -0.39 is 28.9 Å². The summed E-state index contributed by atoms with van der Waals surface area (Å²) < 4.78 is 4.74. The normalized spacial score (nSPS) is 12.6. The predicted molar refractivity (Wildman–Crippen MR) is 71.2 cm³/mol. The quantitative estimate of drug-likeness (QED) is 0.493. The molecular weight excluding hydrogens is 278 g/mol. The number of ether oxygens (including phenoxy) is 1. The lowest BCUT2D eigenvalue weighted by Crippen LogP contribution is -2.40. The number of amides is 1. The van der Waals surface area contributed by atoms with Crippen LogP contribution in [0.2, 0.25) is 0 Å². The summed E-state index contributed by atoms with van der Waals surface area (Å²) in [5, 5.41) is 21.5. The van der Waals surface area contributed by atoms with Crippen LogP contribution in [0.25, 0.3) is 0 Å². The summed E-state index contributed by atoms with van der Waals surface area (Å²) in [6.07, 6.45) is -0.922. The summed E-state index contributed by atoms with van der Waals surface area (Å²) in [6.45, 7) is 2.79. The fourth-order valence-corrected chi connectivity index (χ4v) is 1.40. The van der Waals surface area contributed by atoms with Crippen LogP contribution in [0.4, 0.5) is 5.69 Å². The Morgan fingerprint density at radius 3 is 2.67 bits per heavy atom. The van der Waals surface area contributed by atoms with Crippen molar-refractivity contribution in [2.24, 2.45) is 0 Å². The third-order valence-electron chi connectivity index (χ3n) is 2.50. The number of nitrogens with zero attached hydrogens (tertiary/aromatic N) is 2. The average molecular weight is 291 g/mol. The molecule has 8 nitrogen and oxygen atoms in total. The van der Waals surface area contributed by atoms with Crippen molar-refractivity contribution >= 4 is 17.6 Å². The Bertz CT molecular complexity index is 608. The summed E-state index contributed by atoms with van der Waals surface area (Å²) in [7, 11) is 0. The standard InChI is InChI=1S/C13H13N3O5/c1-8(7-14)21-13(18)9(2)15-12(17)10-4-3-5-11(6-10)16(19)20/h3-6,8-9H,1-2H3,(H,15,17)/t8-,9+/m1/s1. The number of rotatable bonds is 5. The van der Waals surface area contributed by atoms with Gasteiger partial charge in [-0.2, -0.15) is 5.26 Å². The van der Waals surface area contributed by atoms with Gasteiger partial charge in [-0.25, -0.2) is 4.79 Å². The van der Waals surface area contributed by atoms with Crippen molar-refractivity contribution in [3.63, 3.8) is 0 Å². The molecule has 0 aliphatic carbocycles. The molecule has 1 rings (SSSR count). The van der Waals surface area contributed by atoms with Gasteiger partial charge in [-0.15, -0.1) is 0 Å². The van der Waals surface area contributed by atoms with Gasteiger partial charge < -0.3 is 10.1 Å². The summed E-state index contributed by atoms with van der Waals surface area (Å²) in [5.41, 5.74) is -0.173. The number of nitriles is 1. The number of hydrogen-bond donors (Lipinski definition) is 1. The monoisotopic (exact) mass is 291 g/mol. The number of esters is 1. The van der Waals surface area contributed by atoms with Crippen molar-refractivity contribution in [1.29, 1.82) is 5.26 Å². The predicted octanol–water partition coefficient (Wildman–Crippen LogP) is 1.17. The van der Waals surface area contributed by atoms with Crippen molar-refractivity contribution in [1.82, 2.24) is 5.32 Å². The van der Waals surface area contributed by atoms with Crippen LogP contribution in [0.3, 0.4) is 0 Å². The maximum atomic E-state index is 11.9. The molecule has 0 aliphatic heterocycles. The average Bonchev–Trinajstić information content (AvgIpc) is 2.46. The summed E-state index contributed by atoms with van der Waals surface area (Å²) in [6, 6.07) is 5.86. The fourth-order valence-electron chi connectivity index (χ4n) is 1.40. The molecule has 0 saturated heterocycles. The molecule has 8 heteroatoms. The Morgan fingerprint density at radius 2 is 2.10 bits per heavy atom. The maximum Gasteiger partial charge on any atom is 0.329 e. The summed E-state index contributed by atoms with van der Waals surface area (Å²) >= 11 is 0. The molecule has 2 atom stereocenters. The number of benzene rings is 1. The maximum absolute atomic E-state index is 11.9. The van der Waals surface area contributed by atoms with Crippen molar-refractivity contribution < 1.29 is 19.2 Å². The minimum atomic E-state index is -0.979. The van der Waals surface area contributed by atoms with Gasteiger partial charge in [-0.05, 0) is 19.9 Å². The summed E-state index contributed by atoms with van der Waals surface area (Å²) in [4.78, 5) is 33.4. The van der Waals surface area contributed by atoms with Crippen LogP contribution < -0.4 is 5.32 Å². The van der Waals surface area contributed by atoms with Gasteiger partial charge in [-0.1, -0.05) is 6.07 Å².